The maximum atomic E-state index is 12.6. The number of rotatable bonds is 4. The van der Waals surface area contributed by atoms with Gasteiger partial charge in [0.05, 0.1) is 17.5 Å². The molecule has 2 aromatic rings. The van der Waals surface area contributed by atoms with Crippen molar-refractivity contribution < 1.29 is 19.1 Å². The van der Waals surface area contributed by atoms with Crippen molar-refractivity contribution in [3.05, 3.63) is 46.0 Å². The lowest BCUT2D eigenvalue weighted by Gasteiger charge is -2.21. The second-order valence-corrected chi connectivity index (χ2v) is 7.85. The van der Waals surface area contributed by atoms with Crippen LogP contribution in [0.5, 0.6) is 0 Å². The van der Waals surface area contributed by atoms with Crippen LogP contribution in [-0.4, -0.2) is 38.1 Å². The molecule has 29 heavy (non-hydrogen) atoms. The van der Waals surface area contributed by atoms with Gasteiger partial charge in [-0.3, -0.25) is 23.7 Å². The summed E-state index contributed by atoms with van der Waals surface area (Å²) in [7, 11) is 0. The van der Waals surface area contributed by atoms with E-state index in [4.69, 9.17) is 4.74 Å². The molecule has 1 aliphatic carbocycles. The van der Waals surface area contributed by atoms with Crippen LogP contribution in [0.15, 0.2) is 29.2 Å². The number of fused-ring (bicyclic) bond motifs is 2. The highest BCUT2D eigenvalue weighted by atomic mass is 16.5. The smallest absolute Gasteiger partial charge is 0.329 e. The Labute approximate surface area is 167 Å². The Morgan fingerprint density at radius 2 is 1.83 bits per heavy atom. The molecule has 3 heterocycles. The van der Waals surface area contributed by atoms with E-state index in [1.54, 1.807) is 12.3 Å². The second kappa shape index (κ2) is 7.42. The number of carbonyl (C=O) groups excluding carboxylic acids is 3. The van der Waals surface area contributed by atoms with E-state index in [0.717, 1.165) is 23.3 Å². The third kappa shape index (κ3) is 3.43. The second-order valence-electron chi connectivity index (χ2n) is 7.85. The minimum absolute atomic E-state index is 0.203. The first kappa shape index (κ1) is 19.3. The van der Waals surface area contributed by atoms with Gasteiger partial charge in [-0.15, -0.1) is 0 Å². The Bertz CT molecular complexity index is 1040. The Morgan fingerprint density at radius 1 is 1.17 bits per heavy atom. The van der Waals surface area contributed by atoms with Gasteiger partial charge in [0, 0.05) is 12.3 Å². The highest BCUT2D eigenvalue weighted by molar-refractivity contribution is 6.07. The van der Waals surface area contributed by atoms with Gasteiger partial charge in [0.2, 0.25) is 11.8 Å². The third-order valence-electron chi connectivity index (χ3n) is 5.83. The fourth-order valence-corrected chi connectivity index (χ4v) is 4.27. The fraction of sp³-hybridized carbons (Fsp3) is 0.476. The molecule has 8 heteroatoms. The molecule has 1 saturated heterocycles. The lowest BCUT2D eigenvalue weighted by molar-refractivity contribution is -0.159. The Balaban J connectivity index is 1.46. The Kier molecular flexibility index (Phi) is 4.94. The van der Waals surface area contributed by atoms with Gasteiger partial charge >= 0.3 is 5.97 Å². The van der Waals surface area contributed by atoms with Crippen LogP contribution in [0, 0.1) is 18.8 Å². The van der Waals surface area contributed by atoms with Crippen molar-refractivity contribution in [3.63, 3.8) is 0 Å². The highest BCUT2D eigenvalue weighted by Crippen LogP contribution is 2.38. The molecule has 8 nitrogen and oxygen atoms in total. The van der Waals surface area contributed by atoms with Crippen LogP contribution in [0.3, 0.4) is 0 Å². The average Bonchev–Trinajstić information content (AvgIpc) is 2.97. The number of hydrogen-bond donors (Lipinski definition) is 0. The third-order valence-corrected chi connectivity index (χ3v) is 5.83. The maximum Gasteiger partial charge on any atom is 0.329 e. The molecule has 0 aromatic carbocycles. The van der Waals surface area contributed by atoms with Crippen molar-refractivity contribution in [2.24, 2.45) is 11.8 Å². The number of aromatic nitrogens is 2. The van der Waals surface area contributed by atoms with Crippen molar-refractivity contribution in [1.82, 2.24) is 14.3 Å². The van der Waals surface area contributed by atoms with E-state index in [-0.39, 0.29) is 35.8 Å². The molecule has 152 valence electrons. The van der Waals surface area contributed by atoms with Gasteiger partial charge in [-0.25, -0.2) is 9.78 Å². The van der Waals surface area contributed by atoms with Gasteiger partial charge in [-0.2, -0.15) is 0 Å². The van der Waals surface area contributed by atoms with E-state index in [1.807, 2.05) is 13.0 Å². The van der Waals surface area contributed by atoms with Crippen LogP contribution in [0.4, 0.5) is 0 Å². The first-order valence-electron chi connectivity index (χ1n) is 9.89. The first-order valence-corrected chi connectivity index (χ1v) is 9.89. The predicted octanol–water partition coefficient (Wildman–Crippen LogP) is 1.61. The number of carbonyl (C=O) groups is 3. The molecule has 2 amide bonds. The van der Waals surface area contributed by atoms with Crippen LogP contribution >= 0.6 is 0 Å². The number of esters is 1. The normalized spacial score (nSPS) is 22.6. The summed E-state index contributed by atoms with van der Waals surface area (Å²) in [5, 5.41) is 0. The van der Waals surface area contributed by atoms with Crippen LogP contribution in [0.2, 0.25) is 0 Å². The first-order chi connectivity index (χ1) is 13.9. The number of aryl methyl sites for hydroxylation is 1. The molecule has 1 saturated carbocycles. The molecule has 0 spiro atoms. The summed E-state index contributed by atoms with van der Waals surface area (Å²) in [4.78, 5) is 55.4. The number of hydrogen-bond acceptors (Lipinski definition) is 6. The Morgan fingerprint density at radius 3 is 2.48 bits per heavy atom. The van der Waals surface area contributed by atoms with Crippen LogP contribution in [0.25, 0.3) is 5.65 Å². The summed E-state index contributed by atoms with van der Waals surface area (Å²) in [6.07, 6.45) is 4.92. The molecule has 4 rings (SSSR count). The lowest BCUT2D eigenvalue weighted by Crippen LogP contribution is -2.44. The summed E-state index contributed by atoms with van der Waals surface area (Å²) in [6, 6.07) is 3.87. The molecule has 0 radical (unpaired) electrons. The van der Waals surface area contributed by atoms with Crippen molar-refractivity contribution in [2.75, 3.05) is 0 Å². The average molecular weight is 397 g/mol. The number of ether oxygens (including phenoxy) is 1. The fourth-order valence-electron chi connectivity index (χ4n) is 4.27. The van der Waals surface area contributed by atoms with E-state index < -0.39 is 12.0 Å². The summed E-state index contributed by atoms with van der Waals surface area (Å²) >= 11 is 0. The predicted molar refractivity (Wildman–Crippen MR) is 103 cm³/mol. The minimum Gasteiger partial charge on any atom is -0.458 e. The molecule has 1 aliphatic heterocycles. The monoisotopic (exact) mass is 397 g/mol. The van der Waals surface area contributed by atoms with Gasteiger partial charge < -0.3 is 4.74 Å². The standard InChI is InChI=1S/C21H23N3O5/c1-12-7-8-17-22-14(9-18(25)23(17)10-12)11-29-21(28)13(2)24-19(26)15-5-3-4-6-16(15)20(24)27/h7-10,13,15-16H,3-6,11H2,1-2H3/t13-,15+,16+/m1/s1. The number of imide groups is 1. The highest BCUT2D eigenvalue weighted by Gasteiger charge is 2.51. The van der Waals surface area contributed by atoms with Gasteiger partial charge in [-0.05, 0) is 38.3 Å². The minimum atomic E-state index is -0.996. The molecule has 2 aromatic heterocycles. The summed E-state index contributed by atoms with van der Waals surface area (Å²) in [5.41, 5.74) is 1.42. The zero-order chi connectivity index (χ0) is 20.7. The number of amides is 2. The van der Waals surface area contributed by atoms with Crippen LogP contribution in [0.1, 0.15) is 43.9 Å². The van der Waals surface area contributed by atoms with E-state index in [0.29, 0.717) is 24.2 Å². The summed E-state index contributed by atoms with van der Waals surface area (Å²) < 4.78 is 6.71. The zero-order valence-corrected chi connectivity index (χ0v) is 16.5. The van der Waals surface area contributed by atoms with Gasteiger partial charge in [0.25, 0.3) is 5.56 Å². The van der Waals surface area contributed by atoms with E-state index in [2.05, 4.69) is 4.98 Å². The van der Waals surface area contributed by atoms with Crippen LogP contribution in [-0.2, 0) is 25.7 Å². The van der Waals surface area contributed by atoms with Crippen molar-refractivity contribution in [3.8, 4) is 0 Å². The molecule has 0 bridgehead atoms. The zero-order valence-electron chi connectivity index (χ0n) is 16.5. The van der Waals surface area contributed by atoms with E-state index >= 15 is 0 Å². The molecular formula is C21H23N3O5. The van der Waals surface area contributed by atoms with Gasteiger partial charge in [-0.1, -0.05) is 18.9 Å². The molecule has 3 atom stereocenters. The number of likely N-dealkylation sites (tertiary alicyclic amines) is 1. The van der Waals surface area contributed by atoms with Crippen molar-refractivity contribution in [1.29, 1.82) is 0 Å². The Hall–Kier alpha value is -3.03. The largest absolute Gasteiger partial charge is 0.458 e. The number of nitrogens with zero attached hydrogens (tertiary/aromatic N) is 3. The van der Waals surface area contributed by atoms with Crippen molar-refractivity contribution >= 4 is 23.4 Å². The molecule has 0 N–H and O–H groups in total. The molecule has 2 aliphatic rings. The molecular weight excluding hydrogens is 374 g/mol. The molecule has 2 fully saturated rings. The van der Waals surface area contributed by atoms with E-state index in [9.17, 15) is 19.2 Å². The maximum absolute atomic E-state index is 12.6. The quantitative estimate of drug-likeness (QED) is 0.574. The number of pyridine rings is 1. The topological polar surface area (TPSA) is 98.0 Å². The van der Waals surface area contributed by atoms with E-state index in [1.165, 1.54) is 17.4 Å². The molecule has 0 unspecified atom stereocenters. The van der Waals surface area contributed by atoms with Crippen LogP contribution < -0.4 is 5.56 Å². The van der Waals surface area contributed by atoms with Crippen molar-refractivity contribution in [2.45, 2.75) is 52.2 Å². The summed E-state index contributed by atoms with van der Waals surface area (Å²) in [6.45, 7) is 3.17. The van der Waals surface area contributed by atoms with Gasteiger partial charge in [0.15, 0.2) is 0 Å². The summed E-state index contributed by atoms with van der Waals surface area (Å²) in [5.74, 6) is -1.85. The lowest BCUT2D eigenvalue weighted by atomic mass is 9.81. The van der Waals surface area contributed by atoms with Gasteiger partial charge in [0.1, 0.15) is 18.3 Å². The SMILES string of the molecule is Cc1ccc2nc(COC(=O)[C@@H](C)N3C(=O)[C@H]4CCCC[C@@H]4C3=O)cc(=O)n2c1.